The summed E-state index contributed by atoms with van der Waals surface area (Å²) in [6, 6.07) is 7.16. The standard InChI is InChI=1S/C24H36N4O4/c1-15(2)13-28(14-16(3)4)21-9-8-19(17(5)10-23(29)30)12-20(21)25-24(31)27(7)22-11-18(6)32-26-22/h8-9,11-12,15-17H,10,13-14H2,1-7H3,(H,25,31)(H,29,30)/t17-/m1/s1. The van der Waals surface area contributed by atoms with Crippen molar-refractivity contribution < 1.29 is 19.2 Å². The molecular weight excluding hydrogens is 408 g/mol. The van der Waals surface area contributed by atoms with Crippen molar-refractivity contribution in [3.8, 4) is 0 Å². The smallest absolute Gasteiger partial charge is 0.327 e. The number of nitrogens with one attached hydrogen (secondary N) is 1. The Bertz CT molecular complexity index is 912. The van der Waals surface area contributed by atoms with Crippen molar-refractivity contribution in [2.45, 2.75) is 53.9 Å². The third-order valence-corrected chi connectivity index (χ3v) is 5.09. The van der Waals surface area contributed by atoms with Crippen molar-refractivity contribution in [3.63, 3.8) is 0 Å². The van der Waals surface area contributed by atoms with Gasteiger partial charge < -0.3 is 19.8 Å². The predicted molar refractivity (Wildman–Crippen MR) is 128 cm³/mol. The molecular formula is C24H36N4O4. The predicted octanol–water partition coefficient (Wildman–Crippen LogP) is 5.35. The van der Waals surface area contributed by atoms with Crippen molar-refractivity contribution in [1.29, 1.82) is 0 Å². The van der Waals surface area contributed by atoms with Gasteiger partial charge in [0.2, 0.25) is 0 Å². The summed E-state index contributed by atoms with van der Waals surface area (Å²) in [4.78, 5) is 27.9. The van der Waals surface area contributed by atoms with Gasteiger partial charge in [0.05, 0.1) is 17.8 Å². The van der Waals surface area contributed by atoms with Crippen LogP contribution in [0.3, 0.4) is 0 Å². The van der Waals surface area contributed by atoms with E-state index in [2.05, 4.69) is 43.1 Å². The topological polar surface area (TPSA) is 98.9 Å². The van der Waals surface area contributed by atoms with Crippen molar-refractivity contribution in [3.05, 3.63) is 35.6 Å². The van der Waals surface area contributed by atoms with Gasteiger partial charge in [-0.25, -0.2) is 4.79 Å². The Balaban J connectivity index is 2.43. The SMILES string of the molecule is Cc1cc(N(C)C(=O)Nc2cc([C@H](C)CC(=O)O)ccc2N(CC(C)C)CC(C)C)no1. The highest BCUT2D eigenvalue weighted by molar-refractivity contribution is 6.02. The lowest BCUT2D eigenvalue weighted by Crippen LogP contribution is -2.34. The monoisotopic (exact) mass is 444 g/mol. The van der Waals surface area contributed by atoms with Gasteiger partial charge in [0.1, 0.15) is 5.76 Å². The Hall–Kier alpha value is -3.03. The second-order valence-electron chi connectivity index (χ2n) is 9.25. The number of carbonyl (C=O) groups excluding carboxylic acids is 1. The van der Waals surface area contributed by atoms with Crippen LogP contribution in [-0.4, -0.2) is 42.4 Å². The van der Waals surface area contributed by atoms with E-state index >= 15 is 0 Å². The first-order chi connectivity index (χ1) is 15.0. The first kappa shape index (κ1) is 25.2. The van der Waals surface area contributed by atoms with Crippen LogP contribution in [0.5, 0.6) is 0 Å². The van der Waals surface area contributed by atoms with Gasteiger partial charge in [0.15, 0.2) is 5.82 Å². The van der Waals surface area contributed by atoms with Crippen LogP contribution in [0.15, 0.2) is 28.8 Å². The lowest BCUT2D eigenvalue weighted by molar-refractivity contribution is -0.137. The van der Waals surface area contributed by atoms with E-state index in [9.17, 15) is 14.7 Å². The summed E-state index contributed by atoms with van der Waals surface area (Å²) in [6.45, 7) is 14.0. The maximum Gasteiger partial charge on any atom is 0.327 e. The van der Waals surface area contributed by atoms with Crippen LogP contribution >= 0.6 is 0 Å². The molecule has 2 rings (SSSR count). The number of benzene rings is 1. The molecule has 0 aliphatic carbocycles. The molecule has 1 heterocycles. The molecule has 0 unspecified atom stereocenters. The van der Waals surface area contributed by atoms with Gasteiger partial charge >= 0.3 is 12.0 Å². The first-order valence-electron chi connectivity index (χ1n) is 11.1. The Morgan fingerprint density at radius 2 is 1.72 bits per heavy atom. The fraction of sp³-hybridized carbons (Fsp3) is 0.542. The molecule has 0 saturated heterocycles. The summed E-state index contributed by atoms with van der Waals surface area (Å²) in [7, 11) is 1.63. The third-order valence-electron chi connectivity index (χ3n) is 5.09. The van der Waals surface area contributed by atoms with E-state index < -0.39 is 5.97 Å². The molecule has 0 aliphatic heterocycles. The summed E-state index contributed by atoms with van der Waals surface area (Å²) in [5.74, 6) is 0.863. The summed E-state index contributed by atoms with van der Waals surface area (Å²) in [5.41, 5.74) is 2.43. The fourth-order valence-corrected chi connectivity index (χ4v) is 3.58. The van der Waals surface area contributed by atoms with E-state index in [4.69, 9.17) is 4.52 Å². The van der Waals surface area contributed by atoms with Crippen LogP contribution < -0.4 is 15.1 Å². The van der Waals surface area contributed by atoms with Crippen molar-refractivity contribution >= 4 is 29.2 Å². The highest BCUT2D eigenvalue weighted by Crippen LogP contribution is 2.32. The van der Waals surface area contributed by atoms with Gasteiger partial charge in [-0.1, -0.05) is 45.8 Å². The van der Waals surface area contributed by atoms with Crippen LogP contribution in [0.25, 0.3) is 0 Å². The van der Waals surface area contributed by atoms with E-state index in [1.54, 1.807) is 20.0 Å². The number of aromatic nitrogens is 1. The van der Waals surface area contributed by atoms with Gasteiger partial charge in [-0.05, 0) is 42.4 Å². The molecule has 2 N–H and O–H groups in total. The minimum absolute atomic E-state index is 0.0204. The van der Waals surface area contributed by atoms with Gasteiger partial charge in [0.25, 0.3) is 0 Å². The number of urea groups is 1. The van der Waals surface area contributed by atoms with Crippen molar-refractivity contribution in [1.82, 2.24) is 5.16 Å². The summed E-state index contributed by atoms with van der Waals surface area (Å²) in [6.07, 6.45) is 0.0204. The fourth-order valence-electron chi connectivity index (χ4n) is 3.58. The number of anilines is 3. The Kier molecular flexibility index (Phi) is 8.69. The van der Waals surface area contributed by atoms with E-state index in [0.717, 1.165) is 24.3 Å². The zero-order chi connectivity index (χ0) is 24.0. The van der Waals surface area contributed by atoms with Crippen LogP contribution in [-0.2, 0) is 4.79 Å². The lowest BCUT2D eigenvalue weighted by atomic mass is 9.96. The minimum Gasteiger partial charge on any atom is -0.481 e. The number of carboxylic acid groups (broad SMARTS) is 1. The summed E-state index contributed by atoms with van der Waals surface area (Å²) in [5, 5.41) is 16.1. The average Bonchev–Trinajstić information content (AvgIpc) is 3.11. The van der Waals surface area contributed by atoms with Gasteiger partial charge in [-0.15, -0.1) is 0 Å². The van der Waals surface area contributed by atoms with Crippen molar-refractivity contribution in [2.75, 3.05) is 35.3 Å². The molecule has 1 aromatic heterocycles. The molecule has 1 aromatic carbocycles. The molecule has 8 heteroatoms. The summed E-state index contributed by atoms with van der Waals surface area (Å²) < 4.78 is 5.09. The molecule has 0 bridgehead atoms. The van der Waals surface area contributed by atoms with Gasteiger partial charge in [0, 0.05) is 26.2 Å². The molecule has 2 aromatic rings. The maximum absolute atomic E-state index is 13.0. The molecule has 0 radical (unpaired) electrons. The van der Waals surface area contributed by atoms with Crippen LogP contribution in [0, 0.1) is 18.8 Å². The van der Waals surface area contributed by atoms with Crippen LogP contribution in [0.1, 0.15) is 58.3 Å². The second-order valence-corrected chi connectivity index (χ2v) is 9.25. The average molecular weight is 445 g/mol. The number of aliphatic carboxylic acids is 1. The number of carbonyl (C=O) groups is 2. The molecule has 0 spiro atoms. The lowest BCUT2D eigenvalue weighted by Gasteiger charge is -2.31. The number of hydrogen-bond donors (Lipinski definition) is 2. The highest BCUT2D eigenvalue weighted by atomic mass is 16.5. The van der Waals surface area contributed by atoms with E-state index in [0.29, 0.717) is 29.1 Å². The Morgan fingerprint density at radius 1 is 1.09 bits per heavy atom. The number of nitrogens with zero attached hydrogens (tertiary/aromatic N) is 3. The number of carboxylic acids is 1. The molecule has 32 heavy (non-hydrogen) atoms. The molecule has 8 nitrogen and oxygen atoms in total. The Morgan fingerprint density at radius 3 is 2.22 bits per heavy atom. The highest BCUT2D eigenvalue weighted by Gasteiger charge is 2.21. The minimum atomic E-state index is -0.852. The molecule has 1 atom stereocenters. The maximum atomic E-state index is 13.0. The number of hydrogen-bond acceptors (Lipinski definition) is 5. The molecule has 0 saturated carbocycles. The van der Waals surface area contributed by atoms with Gasteiger partial charge in [-0.2, -0.15) is 0 Å². The first-order valence-corrected chi connectivity index (χ1v) is 11.1. The third kappa shape index (κ3) is 7.00. The molecule has 0 aliphatic rings. The quantitative estimate of drug-likeness (QED) is 0.513. The number of amides is 2. The number of rotatable bonds is 10. The van der Waals surface area contributed by atoms with E-state index in [1.807, 2.05) is 25.1 Å². The largest absolute Gasteiger partial charge is 0.481 e. The van der Waals surface area contributed by atoms with Gasteiger partial charge in [-0.3, -0.25) is 9.69 Å². The zero-order valence-corrected chi connectivity index (χ0v) is 20.2. The molecule has 2 amide bonds. The van der Waals surface area contributed by atoms with E-state index in [1.165, 1.54) is 4.90 Å². The molecule has 0 fully saturated rings. The second kappa shape index (κ2) is 11.0. The van der Waals surface area contributed by atoms with Crippen LogP contribution in [0.2, 0.25) is 0 Å². The zero-order valence-electron chi connectivity index (χ0n) is 20.2. The van der Waals surface area contributed by atoms with Crippen molar-refractivity contribution in [2.24, 2.45) is 11.8 Å². The van der Waals surface area contributed by atoms with E-state index in [-0.39, 0.29) is 18.4 Å². The molecule has 176 valence electrons. The number of aryl methyl sites for hydroxylation is 1. The normalized spacial score (nSPS) is 12.2. The summed E-state index contributed by atoms with van der Waals surface area (Å²) >= 11 is 0. The Labute approximate surface area is 190 Å². The van der Waals surface area contributed by atoms with Crippen LogP contribution in [0.4, 0.5) is 22.0 Å².